The van der Waals surface area contributed by atoms with Crippen LogP contribution >= 0.6 is 0 Å². The van der Waals surface area contributed by atoms with Crippen LogP contribution in [0.15, 0.2) is 18.2 Å². The van der Waals surface area contributed by atoms with Crippen LogP contribution in [0.25, 0.3) is 0 Å². The van der Waals surface area contributed by atoms with E-state index >= 15 is 0 Å². The zero-order valence-electron chi connectivity index (χ0n) is 10.3. The van der Waals surface area contributed by atoms with Crippen molar-refractivity contribution in [1.82, 2.24) is 0 Å². The summed E-state index contributed by atoms with van der Waals surface area (Å²) in [6.07, 6.45) is 1.43. The van der Waals surface area contributed by atoms with E-state index in [-0.39, 0.29) is 29.5 Å². The van der Waals surface area contributed by atoms with E-state index in [0.29, 0.717) is 6.42 Å². The maximum atomic E-state index is 13.0. The monoisotopic (exact) mass is 274 g/mol. The number of carbonyl (C=O) groups excluding carboxylic acids is 1. The Morgan fingerprint density at radius 2 is 2.06 bits per heavy atom. The summed E-state index contributed by atoms with van der Waals surface area (Å²) >= 11 is 0. The molecule has 0 amide bonds. The van der Waals surface area contributed by atoms with Gasteiger partial charge in [-0.2, -0.15) is 0 Å². The molecule has 18 heavy (non-hydrogen) atoms. The van der Waals surface area contributed by atoms with Crippen LogP contribution in [0.2, 0.25) is 0 Å². The van der Waals surface area contributed by atoms with Crippen molar-refractivity contribution in [2.24, 2.45) is 0 Å². The first-order valence-electron chi connectivity index (χ1n) is 5.40. The van der Waals surface area contributed by atoms with E-state index in [2.05, 4.69) is 0 Å². The van der Waals surface area contributed by atoms with Crippen LogP contribution in [0.1, 0.15) is 23.7 Å². The van der Waals surface area contributed by atoms with E-state index < -0.39 is 15.7 Å². The average molecular weight is 274 g/mol. The fourth-order valence-corrected chi connectivity index (χ4v) is 2.05. The first-order valence-corrected chi connectivity index (χ1v) is 7.46. The van der Waals surface area contributed by atoms with E-state index in [0.717, 1.165) is 12.3 Å². The Labute approximate surface area is 106 Å². The summed E-state index contributed by atoms with van der Waals surface area (Å²) in [6.45, 7) is 1.48. The van der Waals surface area contributed by atoms with Gasteiger partial charge in [-0.1, -0.05) is 0 Å². The maximum absolute atomic E-state index is 13.0. The molecular weight excluding hydrogens is 259 g/mol. The predicted molar refractivity (Wildman–Crippen MR) is 66.2 cm³/mol. The lowest BCUT2D eigenvalue weighted by molar-refractivity contribution is 0.101. The van der Waals surface area contributed by atoms with Crippen molar-refractivity contribution in [2.45, 2.75) is 13.3 Å². The Morgan fingerprint density at radius 3 is 2.61 bits per heavy atom. The van der Waals surface area contributed by atoms with Crippen LogP contribution in [-0.4, -0.2) is 32.8 Å². The van der Waals surface area contributed by atoms with Gasteiger partial charge < -0.3 is 4.74 Å². The van der Waals surface area contributed by atoms with Crippen LogP contribution in [0.4, 0.5) is 4.39 Å². The molecule has 0 spiro atoms. The quantitative estimate of drug-likeness (QED) is 0.586. The van der Waals surface area contributed by atoms with Crippen molar-refractivity contribution in [2.75, 3.05) is 18.6 Å². The Hall–Kier alpha value is -1.43. The van der Waals surface area contributed by atoms with Crippen molar-refractivity contribution < 1.29 is 22.3 Å². The molecular formula is C12H15FO4S. The standard InChI is InChI=1S/C12H15FO4S/c1-9(14)11-5-4-10(13)8-12(11)17-6-3-7-18(2,15)16/h4-5,8H,3,6-7H2,1-2H3. The molecule has 0 atom stereocenters. The van der Waals surface area contributed by atoms with E-state index in [9.17, 15) is 17.6 Å². The molecule has 0 fully saturated rings. The Morgan fingerprint density at radius 1 is 1.39 bits per heavy atom. The average Bonchev–Trinajstić information content (AvgIpc) is 2.22. The molecule has 0 saturated carbocycles. The van der Waals surface area contributed by atoms with Crippen LogP contribution in [-0.2, 0) is 9.84 Å². The van der Waals surface area contributed by atoms with Crippen molar-refractivity contribution in [3.8, 4) is 5.75 Å². The van der Waals surface area contributed by atoms with Crippen molar-refractivity contribution >= 4 is 15.6 Å². The van der Waals surface area contributed by atoms with E-state index in [1.165, 1.54) is 19.1 Å². The number of carbonyl (C=O) groups is 1. The fraction of sp³-hybridized carbons (Fsp3) is 0.417. The van der Waals surface area contributed by atoms with Gasteiger partial charge in [0.1, 0.15) is 21.4 Å². The molecule has 0 heterocycles. The van der Waals surface area contributed by atoms with Crippen molar-refractivity contribution in [1.29, 1.82) is 0 Å². The molecule has 0 aliphatic carbocycles. The zero-order valence-corrected chi connectivity index (χ0v) is 11.1. The third-order valence-corrected chi connectivity index (χ3v) is 3.27. The summed E-state index contributed by atoms with van der Waals surface area (Å²) in [5.74, 6) is -0.584. The predicted octanol–water partition coefficient (Wildman–Crippen LogP) is 1.84. The molecule has 0 saturated heterocycles. The highest BCUT2D eigenvalue weighted by Crippen LogP contribution is 2.20. The molecule has 1 aromatic rings. The molecule has 6 heteroatoms. The minimum Gasteiger partial charge on any atom is -0.493 e. The number of hydrogen-bond acceptors (Lipinski definition) is 4. The first kappa shape index (κ1) is 14.6. The lowest BCUT2D eigenvalue weighted by Crippen LogP contribution is -2.09. The molecule has 0 bridgehead atoms. The third-order valence-electron chi connectivity index (χ3n) is 2.24. The van der Waals surface area contributed by atoms with Crippen molar-refractivity contribution in [3.63, 3.8) is 0 Å². The molecule has 0 aromatic heterocycles. The van der Waals surface area contributed by atoms with Crippen molar-refractivity contribution in [3.05, 3.63) is 29.6 Å². The molecule has 100 valence electrons. The number of rotatable bonds is 6. The fourth-order valence-electron chi connectivity index (χ4n) is 1.41. The van der Waals surface area contributed by atoms with Crippen LogP contribution < -0.4 is 4.74 Å². The van der Waals surface area contributed by atoms with Gasteiger partial charge in [-0.3, -0.25) is 4.79 Å². The highest BCUT2D eigenvalue weighted by molar-refractivity contribution is 7.90. The van der Waals surface area contributed by atoms with Gasteiger partial charge in [0.2, 0.25) is 0 Å². The minimum absolute atomic E-state index is 0.00226. The lowest BCUT2D eigenvalue weighted by Gasteiger charge is -2.09. The summed E-state index contributed by atoms with van der Waals surface area (Å²) in [4.78, 5) is 11.3. The van der Waals surface area contributed by atoms with Crippen LogP contribution in [0.3, 0.4) is 0 Å². The Balaban J connectivity index is 2.66. The van der Waals surface area contributed by atoms with E-state index in [4.69, 9.17) is 4.74 Å². The molecule has 0 aliphatic heterocycles. The molecule has 0 radical (unpaired) electrons. The van der Waals surface area contributed by atoms with Gasteiger partial charge in [-0.05, 0) is 25.5 Å². The molecule has 1 aromatic carbocycles. The summed E-state index contributed by atoms with van der Waals surface area (Å²) < 4.78 is 40.1. The number of ether oxygens (including phenoxy) is 1. The molecule has 1 rings (SSSR count). The SMILES string of the molecule is CC(=O)c1ccc(F)cc1OCCCS(C)(=O)=O. The number of benzene rings is 1. The highest BCUT2D eigenvalue weighted by Gasteiger charge is 2.10. The highest BCUT2D eigenvalue weighted by atomic mass is 32.2. The number of hydrogen-bond donors (Lipinski definition) is 0. The first-order chi connectivity index (χ1) is 8.29. The molecule has 0 unspecified atom stereocenters. The summed E-state index contributed by atoms with van der Waals surface area (Å²) in [5.41, 5.74) is 0.288. The number of Topliss-reactive ketones (excluding diaryl/α,β-unsaturated/α-hetero) is 1. The second kappa shape index (κ2) is 5.95. The number of ketones is 1. The maximum Gasteiger partial charge on any atom is 0.163 e. The van der Waals surface area contributed by atoms with E-state index in [1.807, 2.05) is 0 Å². The lowest BCUT2D eigenvalue weighted by atomic mass is 10.1. The molecule has 0 N–H and O–H groups in total. The van der Waals surface area contributed by atoms with Gasteiger partial charge in [-0.25, -0.2) is 12.8 Å². The smallest absolute Gasteiger partial charge is 0.163 e. The third kappa shape index (κ3) is 4.83. The Kier molecular flexibility index (Phi) is 4.84. The summed E-state index contributed by atoms with van der Waals surface area (Å²) in [5, 5.41) is 0. The van der Waals surface area contributed by atoms with Gasteiger partial charge in [0.05, 0.1) is 17.9 Å². The largest absolute Gasteiger partial charge is 0.493 e. The molecule has 4 nitrogen and oxygen atoms in total. The Bertz CT molecular complexity index is 537. The number of sulfone groups is 1. The minimum atomic E-state index is -3.03. The second-order valence-corrected chi connectivity index (χ2v) is 6.29. The van der Waals surface area contributed by atoms with Gasteiger partial charge in [-0.15, -0.1) is 0 Å². The second-order valence-electron chi connectivity index (χ2n) is 4.03. The summed E-state index contributed by atoms with van der Waals surface area (Å²) in [7, 11) is -3.03. The van der Waals surface area contributed by atoms with Gasteiger partial charge >= 0.3 is 0 Å². The van der Waals surface area contributed by atoms with Crippen LogP contribution in [0, 0.1) is 5.82 Å². The van der Waals surface area contributed by atoms with E-state index in [1.54, 1.807) is 0 Å². The zero-order chi connectivity index (χ0) is 13.8. The topological polar surface area (TPSA) is 60.4 Å². The van der Waals surface area contributed by atoms with Gasteiger partial charge in [0, 0.05) is 12.3 Å². The van der Waals surface area contributed by atoms with Gasteiger partial charge in [0.15, 0.2) is 5.78 Å². The molecule has 0 aliphatic rings. The van der Waals surface area contributed by atoms with Crippen LogP contribution in [0.5, 0.6) is 5.75 Å². The van der Waals surface area contributed by atoms with Gasteiger partial charge in [0.25, 0.3) is 0 Å². The normalized spacial score (nSPS) is 11.3. The number of halogens is 1. The summed E-state index contributed by atoms with van der Waals surface area (Å²) in [6, 6.07) is 3.65.